The molecule has 0 atom stereocenters. The number of nitrogens with two attached hydrogens (primary N) is 1. The van der Waals surface area contributed by atoms with Gasteiger partial charge in [0.1, 0.15) is 17.9 Å². The number of imidazole rings is 1. The molecule has 8 nitrogen and oxygen atoms in total. The monoisotopic (exact) mass is 406 g/mol. The number of ether oxygens (including phenoxy) is 1. The van der Waals surface area contributed by atoms with E-state index in [1.165, 1.54) is 0 Å². The fourth-order valence-corrected chi connectivity index (χ4v) is 3.31. The molecular formula is C22H26N6O2. The van der Waals surface area contributed by atoms with Crippen LogP contribution in [-0.4, -0.2) is 33.6 Å². The van der Waals surface area contributed by atoms with Crippen LogP contribution in [0.5, 0.6) is 0 Å². The number of benzene rings is 1. The van der Waals surface area contributed by atoms with Gasteiger partial charge in [-0.25, -0.2) is 9.97 Å². The molecule has 0 radical (unpaired) electrons. The van der Waals surface area contributed by atoms with Gasteiger partial charge in [-0.15, -0.1) is 0 Å². The first kappa shape index (κ1) is 21.3. The first-order valence-electron chi connectivity index (χ1n) is 10.0. The normalized spacial score (nSPS) is 10.8. The molecule has 1 amide bonds. The highest BCUT2D eigenvalue weighted by Crippen LogP contribution is 2.24. The molecule has 3 rings (SSSR count). The van der Waals surface area contributed by atoms with E-state index in [1.54, 1.807) is 30.5 Å². The van der Waals surface area contributed by atoms with E-state index >= 15 is 0 Å². The Labute approximate surface area is 175 Å². The first-order valence-corrected chi connectivity index (χ1v) is 10.0. The lowest BCUT2D eigenvalue weighted by Gasteiger charge is -2.11. The number of aromatic nitrogens is 3. The number of rotatable bonds is 9. The molecule has 3 aromatic rings. The second kappa shape index (κ2) is 9.85. The number of hydrogen-bond donors (Lipinski definition) is 2. The van der Waals surface area contributed by atoms with Crippen LogP contribution in [0.2, 0.25) is 0 Å². The fraction of sp³-hybridized carbons (Fsp3) is 0.364. The van der Waals surface area contributed by atoms with Crippen LogP contribution in [0, 0.1) is 18.3 Å². The van der Waals surface area contributed by atoms with Crippen molar-refractivity contribution in [1.82, 2.24) is 19.9 Å². The summed E-state index contributed by atoms with van der Waals surface area (Å²) in [6.45, 7) is 6.28. The summed E-state index contributed by atoms with van der Waals surface area (Å²) in [6.07, 6.45) is 3.44. The molecule has 0 unspecified atom stereocenters. The molecule has 0 fully saturated rings. The number of nitriles is 1. The van der Waals surface area contributed by atoms with Gasteiger partial charge in [-0.3, -0.25) is 4.79 Å². The van der Waals surface area contributed by atoms with E-state index in [0.29, 0.717) is 42.2 Å². The third kappa shape index (κ3) is 4.75. The highest BCUT2D eigenvalue weighted by molar-refractivity contribution is 5.94. The van der Waals surface area contributed by atoms with Crippen molar-refractivity contribution in [1.29, 1.82) is 5.26 Å². The maximum Gasteiger partial charge on any atom is 0.251 e. The number of carbonyl (C=O) groups is 1. The summed E-state index contributed by atoms with van der Waals surface area (Å²) in [6, 6.07) is 8.64. The standard InChI is InChI=1S/C22H26N6O2/c1-3-30-14-18-27-19-20(15(2)13-26-21(19)24)28(18)11-5-4-10-25-22(29)17-8-6-16(12-23)7-9-17/h6-9,13H,3-5,10-11,14H2,1-2H3,(H2,24,26)(H,25,29). The van der Waals surface area contributed by atoms with Crippen molar-refractivity contribution in [2.75, 3.05) is 18.9 Å². The Bertz CT molecular complexity index is 1070. The third-order valence-electron chi connectivity index (χ3n) is 4.87. The molecular weight excluding hydrogens is 380 g/mol. The molecule has 1 aromatic carbocycles. The number of nitrogens with one attached hydrogen (secondary N) is 1. The Morgan fingerprint density at radius 3 is 2.77 bits per heavy atom. The van der Waals surface area contributed by atoms with Gasteiger partial charge in [-0.2, -0.15) is 5.26 Å². The van der Waals surface area contributed by atoms with E-state index in [1.807, 2.05) is 19.9 Å². The van der Waals surface area contributed by atoms with E-state index in [0.717, 1.165) is 36.3 Å². The molecule has 0 bridgehead atoms. The average Bonchev–Trinajstić information content (AvgIpc) is 3.14. The van der Waals surface area contributed by atoms with Crippen molar-refractivity contribution in [3.63, 3.8) is 0 Å². The first-order chi connectivity index (χ1) is 14.5. The number of nitrogen functional groups attached to an aromatic ring is 1. The van der Waals surface area contributed by atoms with Crippen molar-refractivity contribution in [2.24, 2.45) is 0 Å². The van der Waals surface area contributed by atoms with E-state index in [2.05, 4.69) is 19.9 Å². The minimum atomic E-state index is -0.140. The van der Waals surface area contributed by atoms with Crippen LogP contribution >= 0.6 is 0 Å². The Hall–Kier alpha value is -3.44. The number of aryl methyl sites for hydroxylation is 2. The Morgan fingerprint density at radius 2 is 2.07 bits per heavy atom. The van der Waals surface area contributed by atoms with Crippen molar-refractivity contribution in [3.05, 3.63) is 53.0 Å². The van der Waals surface area contributed by atoms with Gasteiger partial charge >= 0.3 is 0 Å². The maximum atomic E-state index is 12.2. The van der Waals surface area contributed by atoms with Gasteiger partial charge in [0.2, 0.25) is 0 Å². The van der Waals surface area contributed by atoms with Crippen LogP contribution in [0.4, 0.5) is 5.82 Å². The summed E-state index contributed by atoms with van der Waals surface area (Å²) in [5.41, 5.74) is 9.82. The number of nitrogens with zero attached hydrogens (tertiary/aromatic N) is 4. The van der Waals surface area contributed by atoms with E-state index in [9.17, 15) is 4.79 Å². The second-order valence-corrected chi connectivity index (χ2v) is 6.99. The van der Waals surface area contributed by atoms with Crippen LogP contribution < -0.4 is 11.1 Å². The molecule has 3 N–H and O–H groups in total. The molecule has 0 saturated carbocycles. The fourth-order valence-electron chi connectivity index (χ4n) is 3.31. The van der Waals surface area contributed by atoms with Gasteiger partial charge in [0, 0.05) is 31.5 Å². The molecule has 30 heavy (non-hydrogen) atoms. The van der Waals surface area contributed by atoms with Crippen molar-refractivity contribution >= 4 is 22.8 Å². The molecule has 2 heterocycles. The van der Waals surface area contributed by atoms with Crippen LogP contribution in [0.25, 0.3) is 11.0 Å². The number of carbonyl (C=O) groups excluding carboxylic acids is 1. The predicted molar refractivity (Wildman–Crippen MR) is 115 cm³/mol. The van der Waals surface area contributed by atoms with Gasteiger partial charge in [-0.1, -0.05) is 0 Å². The molecule has 0 aliphatic rings. The van der Waals surface area contributed by atoms with Crippen LogP contribution in [0.15, 0.2) is 30.5 Å². The molecule has 0 spiro atoms. The quantitative estimate of drug-likeness (QED) is 0.527. The Kier molecular flexibility index (Phi) is 6.99. The van der Waals surface area contributed by atoms with Gasteiger partial charge in [-0.05, 0) is 56.5 Å². The third-order valence-corrected chi connectivity index (χ3v) is 4.87. The van der Waals surface area contributed by atoms with Crippen LogP contribution in [0.3, 0.4) is 0 Å². The number of fused-ring (bicyclic) bond motifs is 1. The summed E-state index contributed by atoms with van der Waals surface area (Å²) in [5.74, 6) is 1.11. The summed E-state index contributed by atoms with van der Waals surface area (Å²) in [5, 5.41) is 11.8. The maximum absolute atomic E-state index is 12.2. The number of anilines is 1. The number of amides is 1. The smallest absolute Gasteiger partial charge is 0.251 e. The highest BCUT2D eigenvalue weighted by Gasteiger charge is 2.15. The molecule has 0 saturated heterocycles. The topological polar surface area (TPSA) is 119 Å². The van der Waals surface area contributed by atoms with E-state index in [-0.39, 0.29) is 5.91 Å². The number of unbranched alkanes of at least 4 members (excludes halogenated alkanes) is 1. The Balaban J connectivity index is 1.60. The van der Waals surface area contributed by atoms with Gasteiger partial charge in [0.25, 0.3) is 5.91 Å². The Morgan fingerprint density at radius 1 is 1.30 bits per heavy atom. The van der Waals surface area contributed by atoms with Gasteiger partial charge < -0.3 is 20.4 Å². The summed E-state index contributed by atoms with van der Waals surface area (Å²) in [4.78, 5) is 21.1. The largest absolute Gasteiger partial charge is 0.382 e. The lowest BCUT2D eigenvalue weighted by molar-refractivity contribution is 0.0953. The van der Waals surface area contributed by atoms with Gasteiger partial charge in [0.15, 0.2) is 5.82 Å². The summed E-state index contributed by atoms with van der Waals surface area (Å²) >= 11 is 0. The van der Waals surface area contributed by atoms with Crippen molar-refractivity contribution in [3.8, 4) is 6.07 Å². The molecule has 8 heteroatoms. The number of hydrogen-bond acceptors (Lipinski definition) is 6. The predicted octanol–water partition coefficient (Wildman–Crippen LogP) is 2.94. The SMILES string of the molecule is CCOCc1nc2c(N)ncc(C)c2n1CCCCNC(=O)c1ccc(C#N)cc1. The lowest BCUT2D eigenvalue weighted by atomic mass is 10.1. The van der Waals surface area contributed by atoms with Crippen LogP contribution in [0.1, 0.15) is 47.1 Å². The van der Waals surface area contributed by atoms with Crippen molar-refractivity contribution in [2.45, 2.75) is 39.8 Å². The highest BCUT2D eigenvalue weighted by atomic mass is 16.5. The second-order valence-electron chi connectivity index (χ2n) is 6.99. The molecule has 0 aliphatic heterocycles. The lowest BCUT2D eigenvalue weighted by Crippen LogP contribution is -2.24. The van der Waals surface area contributed by atoms with E-state index in [4.69, 9.17) is 15.7 Å². The zero-order valence-electron chi connectivity index (χ0n) is 17.3. The minimum absolute atomic E-state index is 0.140. The van der Waals surface area contributed by atoms with E-state index < -0.39 is 0 Å². The minimum Gasteiger partial charge on any atom is -0.382 e. The summed E-state index contributed by atoms with van der Waals surface area (Å²) < 4.78 is 7.71. The average molecular weight is 406 g/mol. The van der Waals surface area contributed by atoms with Crippen molar-refractivity contribution < 1.29 is 9.53 Å². The molecule has 156 valence electrons. The van der Waals surface area contributed by atoms with Crippen LogP contribution in [-0.2, 0) is 17.9 Å². The number of pyridine rings is 1. The molecule has 0 aliphatic carbocycles. The zero-order chi connectivity index (χ0) is 21.5. The molecule has 2 aromatic heterocycles. The zero-order valence-corrected chi connectivity index (χ0v) is 17.3. The summed E-state index contributed by atoms with van der Waals surface area (Å²) in [7, 11) is 0. The van der Waals surface area contributed by atoms with Gasteiger partial charge in [0.05, 0.1) is 17.1 Å².